The van der Waals surface area contributed by atoms with Crippen LogP contribution in [0, 0.1) is 6.92 Å². The second-order valence-electron chi connectivity index (χ2n) is 8.92. The molecular formula is C27H23N6O+. The van der Waals surface area contributed by atoms with Crippen LogP contribution in [0.2, 0.25) is 0 Å². The second-order valence-corrected chi connectivity index (χ2v) is 8.92. The van der Waals surface area contributed by atoms with Crippen LogP contribution >= 0.6 is 0 Å². The Labute approximate surface area is 196 Å². The standard InChI is InChI=1S/C27H22N6O/c1-17-28-14-20(15-29-17)23-10-11-33-25(31-23)21(16-30-33)19-8-9-24-22(12-19)27(2,26(34)32-24)13-18-6-4-3-5-7-18/h3-12,14-16H,13H2,1-2H3,(H,32,34)/p+1/t27-/m0/s1. The third kappa shape index (κ3) is 3.25. The van der Waals surface area contributed by atoms with Gasteiger partial charge in [0.15, 0.2) is 5.69 Å². The number of nitrogens with zero attached hydrogens (tertiary/aromatic N) is 4. The van der Waals surface area contributed by atoms with Crippen molar-refractivity contribution >= 4 is 17.2 Å². The number of benzene rings is 2. The number of carbonyl (C=O) groups excluding carboxylic acids is 1. The van der Waals surface area contributed by atoms with Crippen molar-refractivity contribution in [2.24, 2.45) is 0 Å². The van der Waals surface area contributed by atoms with E-state index in [1.165, 1.54) is 0 Å². The van der Waals surface area contributed by atoms with Crippen molar-refractivity contribution in [1.82, 2.24) is 20.1 Å². The Balaban J connectivity index is 1.44. The summed E-state index contributed by atoms with van der Waals surface area (Å²) in [5.74, 6) is 0.748. The zero-order valence-corrected chi connectivity index (χ0v) is 18.9. The van der Waals surface area contributed by atoms with Gasteiger partial charge in [-0.15, -0.1) is 4.52 Å². The molecule has 0 bridgehead atoms. The van der Waals surface area contributed by atoms with Crippen LogP contribution < -0.4 is 9.83 Å². The normalized spacial score (nSPS) is 17.1. The number of hydrogen-bond donors (Lipinski definition) is 2. The van der Waals surface area contributed by atoms with Gasteiger partial charge in [0.1, 0.15) is 12.0 Å². The summed E-state index contributed by atoms with van der Waals surface area (Å²) in [4.78, 5) is 26.5. The first-order chi connectivity index (χ1) is 16.5. The van der Waals surface area contributed by atoms with Gasteiger partial charge in [0.05, 0.1) is 22.7 Å². The number of H-pyrrole nitrogens is 1. The summed E-state index contributed by atoms with van der Waals surface area (Å²) in [7, 11) is 0. The van der Waals surface area contributed by atoms with Crippen LogP contribution in [0.5, 0.6) is 0 Å². The quantitative estimate of drug-likeness (QED) is 0.407. The van der Waals surface area contributed by atoms with E-state index in [2.05, 4.69) is 38.6 Å². The molecule has 7 heteroatoms. The van der Waals surface area contributed by atoms with Crippen LogP contribution in [-0.2, 0) is 16.6 Å². The van der Waals surface area contributed by atoms with Crippen LogP contribution in [0.15, 0.2) is 79.4 Å². The van der Waals surface area contributed by atoms with E-state index in [-0.39, 0.29) is 5.91 Å². The first-order valence-electron chi connectivity index (χ1n) is 11.2. The summed E-state index contributed by atoms with van der Waals surface area (Å²) < 4.78 is 1.88. The third-order valence-electron chi connectivity index (χ3n) is 6.58. The molecule has 2 N–H and O–H groups in total. The number of aryl methyl sites for hydroxylation is 1. The molecule has 34 heavy (non-hydrogen) atoms. The lowest BCUT2D eigenvalue weighted by molar-refractivity contribution is -0.578. The zero-order chi connectivity index (χ0) is 23.3. The smallest absolute Gasteiger partial charge is 0.325 e. The highest BCUT2D eigenvalue weighted by Crippen LogP contribution is 2.42. The molecular weight excluding hydrogens is 424 g/mol. The lowest BCUT2D eigenvalue weighted by Gasteiger charge is -2.22. The van der Waals surface area contributed by atoms with E-state index < -0.39 is 5.41 Å². The van der Waals surface area contributed by atoms with Gasteiger partial charge in [-0.05, 0) is 54.1 Å². The maximum atomic E-state index is 13.0. The van der Waals surface area contributed by atoms with E-state index in [9.17, 15) is 4.79 Å². The van der Waals surface area contributed by atoms with Gasteiger partial charge in [-0.2, -0.15) is 0 Å². The summed E-state index contributed by atoms with van der Waals surface area (Å²) >= 11 is 0. The molecule has 1 atom stereocenters. The molecule has 1 aliphatic heterocycles. The number of anilines is 1. The predicted molar refractivity (Wildman–Crippen MR) is 129 cm³/mol. The molecule has 0 aliphatic carbocycles. The van der Waals surface area contributed by atoms with Crippen molar-refractivity contribution in [3.63, 3.8) is 0 Å². The second kappa shape index (κ2) is 7.59. The molecule has 0 unspecified atom stereocenters. The molecule has 4 heterocycles. The minimum atomic E-state index is -0.649. The number of aromatic nitrogens is 5. The first-order valence-corrected chi connectivity index (χ1v) is 11.2. The molecule has 2 aromatic carbocycles. The first kappa shape index (κ1) is 20.2. The lowest BCUT2D eigenvalue weighted by Crippen LogP contribution is -2.33. The van der Waals surface area contributed by atoms with Crippen molar-refractivity contribution in [3.05, 3.63) is 96.3 Å². The van der Waals surface area contributed by atoms with Crippen LogP contribution in [0.3, 0.4) is 0 Å². The molecule has 0 saturated heterocycles. The van der Waals surface area contributed by atoms with Gasteiger partial charge < -0.3 is 5.32 Å². The van der Waals surface area contributed by atoms with E-state index in [1.807, 2.05) is 67.2 Å². The minimum absolute atomic E-state index is 0.0246. The molecule has 1 aliphatic rings. The highest BCUT2D eigenvalue weighted by molar-refractivity contribution is 6.06. The Hall–Kier alpha value is -4.39. The largest absolute Gasteiger partial charge is 0.356 e. The molecule has 166 valence electrons. The van der Waals surface area contributed by atoms with Crippen LogP contribution in [0.4, 0.5) is 5.69 Å². The van der Waals surface area contributed by atoms with Crippen molar-refractivity contribution < 1.29 is 9.31 Å². The molecule has 0 radical (unpaired) electrons. The fraction of sp³-hybridized carbons (Fsp3) is 0.148. The monoisotopic (exact) mass is 447 g/mol. The average molecular weight is 448 g/mol. The molecule has 6 rings (SSSR count). The molecule has 0 spiro atoms. The number of carbonyl (C=O) groups is 1. The topological polar surface area (TPSA) is 87.7 Å². The number of aromatic amines is 1. The van der Waals surface area contributed by atoms with E-state index in [0.717, 1.165) is 50.7 Å². The van der Waals surface area contributed by atoms with Crippen LogP contribution in [0.1, 0.15) is 23.9 Å². The summed E-state index contributed by atoms with van der Waals surface area (Å²) in [6, 6.07) is 18.2. The molecule has 1 amide bonds. The van der Waals surface area contributed by atoms with E-state index in [1.54, 1.807) is 12.4 Å². The van der Waals surface area contributed by atoms with Gasteiger partial charge in [-0.3, -0.25) is 4.79 Å². The number of amides is 1. The molecule has 3 aromatic heterocycles. The Kier molecular flexibility index (Phi) is 4.52. The number of rotatable bonds is 4. The average Bonchev–Trinajstić information content (AvgIpc) is 3.38. The SMILES string of the molecule is Cc1ncc(-c2cc[n+]3[nH]cc(-c4ccc5c(c4)[C@](C)(Cc4ccccc4)C(=O)N5)c3n2)cn1. The van der Waals surface area contributed by atoms with E-state index in [0.29, 0.717) is 6.42 Å². The predicted octanol–water partition coefficient (Wildman–Crippen LogP) is 4.03. The van der Waals surface area contributed by atoms with Crippen LogP contribution in [-0.4, -0.2) is 26.0 Å². The van der Waals surface area contributed by atoms with Crippen molar-refractivity contribution in [2.45, 2.75) is 25.7 Å². The van der Waals surface area contributed by atoms with Crippen molar-refractivity contribution in [3.8, 4) is 22.4 Å². The van der Waals surface area contributed by atoms with Crippen molar-refractivity contribution in [1.29, 1.82) is 0 Å². The summed E-state index contributed by atoms with van der Waals surface area (Å²) in [5, 5.41) is 6.32. The fourth-order valence-electron chi connectivity index (χ4n) is 4.65. The van der Waals surface area contributed by atoms with Gasteiger partial charge in [-0.25, -0.2) is 15.1 Å². The Bertz CT molecular complexity index is 1540. The maximum absolute atomic E-state index is 13.0. The maximum Gasteiger partial charge on any atom is 0.356 e. The summed E-state index contributed by atoms with van der Waals surface area (Å²) in [5.41, 5.74) is 6.76. The Morgan fingerprint density at radius 3 is 2.59 bits per heavy atom. The van der Waals surface area contributed by atoms with Crippen LogP contribution in [0.25, 0.3) is 28.0 Å². The van der Waals surface area contributed by atoms with E-state index in [4.69, 9.17) is 4.98 Å². The number of nitrogens with one attached hydrogen (secondary N) is 2. The van der Waals surface area contributed by atoms with Gasteiger partial charge in [0.25, 0.3) is 0 Å². The molecule has 7 nitrogen and oxygen atoms in total. The lowest BCUT2D eigenvalue weighted by atomic mass is 9.77. The molecule has 0 fully saturated rings. The summed E-state index contributed by atoms with van der Waals surface area (Å²) in [6.07, 6.45) is 8.09. The van der Waals surface area contributed by atoms with Gasteiger partial charge in [0, 0.05) is 24.1 Å². The third-order valence-corrected chi connectivity index (χ3v) is 6.58. The molecule has 0 saturated carbocycles. The Morgan fingerprint density at radius 1 is 1.00 bits per heavy atom. The highest BCUT2D eigenvalue weighted by atomic mass is 16.2. The van der Waals surface area contributed by atoms with Crippen molar-refractivity contribution in [2.75, 3.05) is 5.32 Å². The molecule has 5 aromatic rings. The van der Waals surface area contributed by atoms with E-state index >= 15 is 0 Å². The van der Waals surface area contributed by atoms with Gasteiger partial charge in [-0.1, -0.05) is 36.4 Å². The van der Waals surface area contributed by atoms with Gasteiger partial charge in [0.2, 0.25) is 5.91 Å². The zero-order valence-electron chi connectivity index (χ0n) is 18.9. The van der Waals surface area contributed by atoms with Gasteiger partial charge >= 0.3 is 5.65 Å². The minimum Gasteiger partial charge on any atom is -0.325 e. The number of hydrogen-bond acceptors (Lipinski definition) is 4. The Morgan fingerprint density at radius 2 is 1.79 bits per heavy atom. The number of fused-ring (bicyclic) bond motifs is 2. The summed E-state index contributed by atoms with van der Waals surface area (Å²) in [6.45, 7) is 3.88. The highest BCUT2D eigenvalue weighted by Gasteiger charge is 2.43. The fourth-order valence-corrected chi connectivity index (χ4v) is 4.65.